The van der Waals surface area contributed by atoms with Crippen molar-refractivity contribution < 1.29 is 27.4 Å². The molecule has 2 heterocycles. The van der Waals surface area contributed by atoms with E-state index < -0.39 is 17.7 Å². The van der Waals surface area contributed by atoms with Gasteiger partial charge in [-0.3, -0.25) is 4.79 Å². The van der Waals surface area contributed by atoms with E-state index in [4.69, 9.17) is 9.47 Å². The number of rotatable bonds is 7. The molecule has 0 spiro atoms. The van der Waals surface area contributed by atoms with Crippen molar-refractivity contribution in [2.24, 2.45) is 5.92 Å². The Morgan fingerprint density at radius 2 is 1.88 bits per heavy atom. The summed E-state index contributed by atoms with van der Waals surface area (Å²) >= 11 is 0. The van der Waals surface area contributed by atoms with Gasteiger partial charge in [0.1, 0.15) is 5.75 Å². The first-order valence-electron chi connectivity index (χ1n) is 11.4. The SMILES string of the molecule is COCCCNC(=O)[C@@H]1Cc2cc(C(F)(F)F)ccc2N2CCN(c3ccc(OC)cc3)C[C@@H]12. The number of anilines is 2. The molecule has 2 aliphatic rings. The Bertz CT molecular complexity index is 997. The maximum Gasteiger partial charge on any atom is 0.416 e. The maximum absolute atomic E-state index is 13.4. The van der Waals surface area contributed by atoms with Crippen molar-refractivity contribution in [1.82, 2.24) is 5.32 Å². The summed E-state index contributed by atoms with van der Waals surface area (Å²) in [5.74, 6) is 0.174. The molecule has 1 amide bonds. The molecule has 2 aromatic carbocycles. The second kappa shape index (κ2) is 10.1. The Labute approximate surface area is 197 Å². The Hall–Kier alpha value is -2.94. The third-order valence-electron chi connectivity index (χ3n) is 6.64. The highest BCUT2D eigenvalue weighted by molar-refractivity contribution is 5.82. The van der Waals surface area contributed by atoms with Crippen LogP contribution in [0.25, 0.3) is 0 Å². The molecule has 0 bridgehead atoms. The van der Waals surface area contributed by atoms with Gasteiger partial charge in [0.05, 0.1) is 24.6 Å². The number of nitrogens with zero attached hydrogens (tertiary/aromatic N) is 2. The monoisotopic (exact) mass is 477 g/mol. The van der Waals surface area contributed by atoms with E-state index in [0.717, 1.165) is 23.2 Å². The second-order valence-electron chi connectivity index (χ2n) is 8.69. The standard InChI is InChI=1S/C25H30F3N3O3/c1-33-13-3-10-29-24(32)21-15-17-14-18(25(26,27)28)4-9-22(17)31-12-11-30(16-23(21)31)19-5-7-20(34-2)8-6-19/h4-9,14,21,23H,3,10-13,15-16H2,1-2H3,(H,29,32)/t21-,23+/m1/s1. The third-order valence-corrected chi connectivity index (χ3v) is 6.64. The lowest BCUT2D eigenvalue weighted by molar-refractivity contribution is -0.137. The lowest BCUT2D eigenvalue weighted by Crippen LogP contribution is -2.61. The smallest absolute Gasteiger partial charge is 0.416 e. The fourth-order valence-corrected chi connectivity index (χ4v) is 4.89. The normalized spacial score (nSPS) is 19.9. The zero-order valence-corrected chi connectivity index (χ0v) is 19.4. The van der Waals surface area contributed by atoms with Gasteiger partial charge in [0.15, 0.2) is 0 Å². The number of alkyl halides is 3. The van der Waals surface area contributed by atoms with E-state index in [9.17, 15) is 18.0 Å². The molecule has 34 heavy (non-hydrogen) atoms. The minimum atomic E-state index is -4.42. The van der Waals surface area contributed by atoms with E-state index in [0.29, 0.717) is 44.8 Å². The Morgan fingerprint density at radius 3 is 2.56 bits per heavy atom. The van der Waals surface area contributed by atoms with Crippen molar-refractivity contribution in [3.63, 3.8) is 0 Å². The number of ether oxygens (including phenoxy) is 2. The van der Waals surface area contributed by atoms with Gasteiger partial charge in [-0.2, -0.15) is 13.2 Å². The Morgan fingerprint density at radius 1 is 1.12 bits per heavy atom. The highest BCUT2D eigenvalue weighted by Gasteiger charge is 2.42. The van der Waals surface area contributed by atoms with Crippen molar-refractivity contribution in [3.05, 3.63) is 53.6 Å². The highest BCUT2D eigenvalue weighted by atomic mass is 19.4. The Balaban J connectivity index is 1.61. The van der Waals surface area contributed by atoms with Gasteiger partial charge in [-0.25, -0.2) is 0 Å². The molecular weight excluding hydrogens is 447 g/mol. The number of hydrogen-bond donors (Lipinski definition) is 1. The van der Waals surface area contributed by atoms with Crippen molar-refractivity contribution in [2.75, 3.05) is 56.8 Å². The molecule has 1 N–H and O–H groups in total. The summed E-state index contributed by atoms with van der Waals surface area (Å²) in [6.07, 6.45) is -3.47. The summed E-state index contributed by atoms with van der Waals surface area (Å²) in [6, 6.07) is 11.5. The molecule has 0 aliphatic carbocycles. The molecule has 0 unspecified atom stereocenters. The molecular formula is C25H30F3N3O3. The van der Waals surface area contributed by atoms with Crippen LogP contribution in [0.4, 0.5) is 24.5 Å². The average Bonchev–Trinajstić information content (AvgIpc) is 2.84. The van der Waals surface area contributed by atoms with Crippen molar-refractivity contribution >= 4 is 17.3 Å². The molecule has 2 aromatic rings. The quantitative estimate of drug-likeness (QED) is 0.616. The maximum atomic E-state index is 13.4. The topological polar surface area (TPSA) is 54.0 Å². The van der Waals surface area contributed by atoms with Gasteiger partial charge in [0.2, 0.25) is 5.91 Å². The molecule has 1 fully saturated rings. The van der Waals surface area contributed by atoms with Crippen LogP contribution in [0, 0.1) is 5.92 Å². The van der Waals surface area contributed by atoms with Crippen LogP contribution in [0.2, 0.25) is 0 Å². The summed E-state index contributed by atoms with van der Waals surface area (Å²) in [6.45, 7) is 2.91. The van der Waals surface area contributed by atoms with Gasteiger partial charge < -0.3 is 24.6 Å². The van der Waals surface area contributed by atoms with Gasteiger partial charge in [-0.1, -0.05) is 0 Å². The van der Waals surface area contributed by atoms with Crippen molar-refractivity contribution in [3.8, 4) is 5.75 Å². The average molecular weight is 478 g/mol. The second-order valence-corrected chi connectivity index (χ2v) is 8.69. The molecule has 9 heteroatoms. The van der Waals surface area contributed by atoms with Gasteiger partial charge in [-0.15, -0.1) is 0 Å². The number of benzene rings is 2. The van der Waals surface area contributed by atoms with E-state index in [1.165, 1.54) is 6.07 Å². The van der Waals surface area contributed by atoms with Crippen LogP contribution in [0.15, 0.2) is 42.5 Å². The molecule has 0 aromatic heterocycles. The third kappa shape index (κ3) is 5.09. The van der Waals surface area contributed by atoms with E-state index in [1.54, 1.807) is 20.3 Å². The number of carbonyl (C=O) groups excluding carboxylic acids is 1. The molecule has 0 radical (unpaired) electrons. The number of halogens is 3. The first kappa shape index (κ1) is 24.2. The van der Waals surface area contributed by atoms with Gasteiger partial charge in [0, 0.05) is 51.3 Å². The zero-order valence-electron chi connectivity index (χ0n) is 19.4. The summed E-state index contributed by atoms with van der Waals surface area (Å²) in [4.78, 5) is 17.5. The number of piperazine rings is 1. The lowest BCUT2D eigenvalue weighted by atomic mass is 9.82. The number of hydrogen-bond acceptors (Lipinski definition) is 5. The summed E-state index contributed by atoms with van der Waals surface area (Å²) in [7, 11) is 3.22. The first-order chi connectivity index (χ1) is 16.3. The number of nitrogens with one attached hydrogen (secondary N) is 1. The number of methoxy groups -OCH3 is 2. The van der Waals surface area contributed by atoms with Gasteiger partial charge in [-0.05, 0) is 60.9 Å². The molecule has 6 nitrogen and oxygen atoms in total. The minimum Gasteiger partial charge on any atom is -0.497 e. The van der Waals surface area contributed by atoms with Gasteiger partial charge in [0.25, 0.3) is 0 Å². The predicted octanol–water partition coefficient (Wildman–Crippen LogP) is 3.73. The summed E-state index contributed by atoms with van der Waals surface area (Å²) in [5, 5.41) is 2.96. The van der Waals surface area contributed by atoms with Crippen LogP contribution < -0.4 is 19.9 Å². The fraction of sp³-hybridized carbons (Fsp3) is 0.480. The number of amides is 1. The van der Waals surface area contributed by atoms with Crippen LogP contribution in [-0.2, 0) is 22.1 Å². The fourth-order valence-electron chi connectivity index (χ4n) is 4.89. The first-order valence-corrected chi connectivity index (χ1v) is 11.4. The lowest BCUT2D eigenvalue weighted by Gasteiger charge is -2.49. The predicted molar refractivity (Wildman–Crippen MR) is 124 cm³/mol. The highest BCUT2D eigenvalue weighted by Crippen LogP contribution is 2.40. The molecule has 2 aliphatic heterocycles. The summed E-state index contributed by atoms with van der Waals surface area (Å²) in [5.41, 5.74) is 1.70. The zero-order chi connectivity index (χ0) is 24.3. The molecule has 184 valence electrons. The van der Waals surface area contributed by atoms with E-state index in [-0.39, 0.29) is 18.4 Å². The van der Waals surface area contributed by atoms with E-state index in [1.807, 2.05) is 24.3 Å². The largest absolute Gasteiger partial charge is 0.497 e. The van der Waals surface area contributed by atoms with Crippen LogP contribution in [-0.4, -0.2) is 59.0 Å². The minimum absolute atomic E-state index is 0.134. The van der Waals surface area contributed by atoms with Crippen molar-refractivity contribution in [2.45, 2.75) is 25.1 Å². The molecule has 1 saturated heterocycles. The van der Waals surface area contributed by atoms with Crippen LogP contribution in [0.1, 0.15) is 17.5 Å². The molecule has 2 atom stereocenters. The van der Waals surface area contributed by atoms with Crippen LogP contribution in [0.5, 0.6) is 5.75 Å². The van der Waals surface area contributed by atoms with E-state index in [2.05, 4.69) is 15.1 Å². The number of carbonyl (C=O) groups is 1. The van der Waals surface area contributed by atoms with E-state index >= 15 is 0 Å². The van der Waals surface area contributed by atoms with Crippen molar-refractivity contribution in [1.29, 1.82) is 0 Å². The number of fused-ring (bicyclic) bond motifs is 3. The summed E-state index contributed by atoms with van der Waals surface area (Å²) < 4.78 is 50.4. The Kier molecular flexibility index (Phi) is 7.21. The van der Waals surface area contributed by atoms with Crippen LogP contribution in [0.3, 0.4) is 0 Å². The van der Waals surface area contributed by atoms with Crippen LogP contribution >= 0.6 is 0 Å². The molecule has 4 rings (SSSR count). The van der Waals surface area contributed by atoms with Gasteiger partial charge >= 0.3 is 6.18 Å². The molecule has 0 saturated carbocycles.